The molecule has 0 bridgehead atoms. The molecule has 0 amide bonds. The number of ether oxygens (including phenoxy) is 1. The zero-order chi connectivity index (χ0) is 14.5. The number of nitrogens with one attached hydrogen (secondary N) is 1. The van der Waals surface area contributed by atoms with E-state index in [1.807, 2.05) is 0 Å². The summed E-state index contributed by atoms with van der Waals surface area (Å²) >= 11 is 2.94. The highest BCUT2D eigenvalue weighted by molar-refractivity contribution is 9.10. The summed E-state index contributed by atoms with van der Waals surface area (Å²) in [6, 6.07) is 2.19. The predicted molar refractivity (Wildman–Crippen MR) is 76.5 cm³/mol. The van der Waals surface area contributed by atoms with Gasteiger partial charge in [0.15, 0.2) is 5.75 Å². The molecule has 1 N–H and O–H groups in total. The maximum absolute atomic E-state index is 13.4. The lowest BCUT2D eigenvalue weighted by Gasteiger charge is -2.22. The third kappa shape index (κ3) is 3.89. The van der Waals surface area contributed by atoms with Crippen LogP contribution in [0.3, 0.4) is 0 Å². The summed E-state index contributed by atoms with van der Waals surface area (Å²) < 4.78 is 18.9. The number of hydrogen-bond acceptors (Lipinski definition) is 4. The van der Waals surface area contributed by atoms with Crippen molar-refractivity contribution in [1.82, 2.24) is 5.32 Å². The van der Waals surface area contributed by atoms with Crippen molar-refractivity contribution in [3.05, 3.63) is 32.5 Å². The van der Waals surface area contributed by atoms with E-state index < -0.39 is 10.7 Å². The molecule has 0 aromatic heterocycles. The van der Waals surface area contributed by atoms with Gasteiger partial charge in [0.1, 0.15) is 5.82 Å². The van der Waals surface area contributed by atoms with Gasteiger partial charge < -0.3 is 10.1 Å². The molecule has 1 fully saturated rings. The van der Waals surface area contributed by atoms with Crippen LogP contribution >= 0.6 is 15.9 Å². The standard InChI is InChI=1S/C13H16BrFN2O3/c14-10-7-12(17(18)19)13(8-11(10)15)20-6-3-9-1-4-16-5-2-9/h7-9,16H,1-6H2. The third-order valence-corrected chi connectivity index (χ3v) is 4.05. The highest BCUT2D eigenvalue weighted by Gasteiger charge is 2.20. The van der Waals surface area contributed by atoms with E-state index in [1.165, 1.54) is 0 Å². The van der Waals surface area contributed by atoms with Gasteiger partial charge in [0.05, 0.1) is 16.0 Å². The minimum atomic E-state index is -0.565. The molecule has 0 saturated carbocycles. The van der Waals surface area contributed by atoms with Crippen LogP contribution in [0.25, 0.3) is 0 Å². The summed E-state index contributed by atoms with van der Waals surface area (Å²) in [5.74, 6) is -0.00676. The maximum atomic E-state index is 13.4. The number of nitro groups is 1. The fourth-order valence-electron chi connectivity index (χ4n) is 2.28. The fraction of sp³-hybridized carbons (Fsp3) is 0.538. The summed E-state index contributed by atoms with van der Waals surface area (Å²) in [4.78, 5) is 10.4. The molecule has 1 saturated heterocycles. The smallest absolute Gasteiger partial charge is 0.312 e. The van der Waals surface area contributed by atoms with Crippen LogP contribution in [-0.4, -0.2) is 24.6 Å². The number of nitrogens with zero attached hydrogens (tertiary/aromatic N) is 1. The summed E-state index contributed by atoms with van der Waals surface area (Å²) in [6.07, 6.45) is 3.00. The Labute approximate surface area is 124 Å². The van der Waals surface area contributed by atoms with Gasteiger partial charge in [-0.25, -0.2) is 4.39 Å². The van der Waals surface area contributed by atoms with E-state index in [4.69, 9.17) is 4.74 Å². The fourth-order valence-corrected chi connectivity index (χ4v) is 2.61. The van der Waals surface area contributed by atoms with Gasteiger partial charge in [-0.2, -0.15) is 0 Å². The first-order valence-corrected chi connectivity index (χ1v) is 7.34. The van der Waals surface area contributed by atoms with Crippen molar-refractivity contribution in [3.8, 4) is 5.75 Å². The van der Waals surface area contributed by atoms with Crippen LogP contribution in [0.2, 0.25) is 0 Å². The van der Waals surface area contributed by atoms with Crippen LogP contribution in [-0.2, 0) is 0 Å². The Hall–Kier alpha value is -1.21. The van der Waals surface area contributed by atoms with E-state index >= 15 is 0 Å². The van der Waals surface area contributed by atoms with Crippen molar-refractivity contribution in [2.24, 2.45) is 5.92 Å². The molecular weight excluding hydrogens is 331 g/mol. The molecule has 0 aliphatic carbocycles. The quantitative estimate of drug-likeness (QED) is 0.656. The van der Waals surface area contributed by atoms with E-state index in [-0.39, 0.29) is 15.9 Å². The number of benzene rings is 1. The van der Waals surface area contributed by atoms with E-state index in [1.54, 1.807) is 0 Å². The lowest BCUT2D eigenvalue weighted by molar-refractivity contribution is -0.386. The molecule has 1 aliphatic heterocycles. The predicted octanol–water partition coefficient (Wildman–Crippen LogP) is 3.26. The normalized spacial score (nSPS) is 16.1. The zero-order valence-corrected chi connectivity index (χ0v) is 12.5. The number of piperidine rings is 1. The monoisotopic (exact) mass is 346 g/mol. The molecule has 1 aliphatic rings. The van der Waals surface area contributed by atoms with Gasteiger partial charge in [0.25, 0.3) is 0 Å². The Balaban J connectivity index is 1.97. The Morgan fingerprint density at radius 2 is 2.15 bits per heavy atom. The summed E-state index contributed by atoms with van der Waals surface area (Å²) in [6.45, 7) is 2.36. The largest absolute Gasteiger partial charge is 0.487 e. The SMILES string of the molecule is O=[N+]([O-])c1cc(Br)c(F)cc1OCCC1CCNCC1. The van der Waals surface area contributed by atoms with Gasteiger partial charge in [-0.05, 0) is 54.2 Å². The van der Waals surface area contributed by atoms with Crippen molar-refractivity contribution in [3.63, 3.8) is 0 Å². The molecule has 20 heavy (non-hydrogen) atoms. The summed E-state index contributed by atoms with van der Waals surface area (Å²) in [5, 5.41) is 14.2. The lowest BCUT2D eigenvalue weighted by atomic mass is 9.95. The van der Waals surface area contributed by atoms with E-state index in [0.29, 0.717) is 12.5 Å². The van der Waals surface area contributed by atoms with Crippen LogP contribution in [0.4, 0.5) is 10.1 Å². The van der Waals surface area contributed by atoms with Crippen LogP contribution in [0.5, 0.6) is 5.75 Å². The molecule has 0 atom stereocenters. The van der Waals surface area contributed by atoms with Gasteiger partial charge in [0, 0.05) is 12.1 Å². The molecular formula is C13H16BrFN2O3. The van der Waals surface area contributed by atoms with Gasteiger partial charge >= 0.3 is 5.69 Å². The van der Waals surface area contributed by atoms with Gasteiger partial charge in [-0.3, -0.25) is 10.1 Å². The van der Waals surface area contributed by atoms with Crippen molar-refractivity contribution in [2.45, 2.75) is 19.3 Å². The lowest BCUT2D eigenvalue weighted by Crippen LogP contribution is -2.28. The molecule has 0 unspecified atom stereocenters. The minimum absolute atomic E-state index is 0.00960. The van der Waals surface area contributed by atoms with Crippen molar-refractivity contribution >= 4 is 21.6 Å². The Morgan fingerprint density at radius 1 is 1.45 bits per heavy atom. The second kappa shape index (κ2) is 6.99. The topological polar surface area (TPSA) is 64.4 Å². The van der Waals surface area contributed by atoms with E-state index in [0.717, 1.165) is 44.5 Å². The Bertz CT molecular complexity index is 493. The van der Waals surface area contributed by atoms with Crippen LogP contribution in [0.15, 0.2) is 16.6 Å². The van der Waals surface area contributed by atoms with Crippen molar-refractivity contribution < 1.29 is 14.1 Å². The number of halogens is 2. The highest BCUT2D eigenvalue weighted by Crippen LogP contribution is 2.32. The molecule has 7 heteroatoms. The number of nitro benzene ring substituents is 1. The average molecular weight is 347 g/mol. The van der Waals surface area contributed by atoms with E-state index in [2.05, 4.69) is 21.2 Å². The van der Waals surface area contributed by atoms with Crippen molar-refractivity contribution in [2.75, 3.05) is 19.7 Å². The molecule has 0 radical (unpaired) electrons. The number of hydrogen-bond donors (Lipinski definition) is 1. The second-order valence-corrected chi connectivity index (χ2v) is 5.68. The first kappa shape index (κ1) is 15.2. The van der Waals surface area contributed by atoms with Crippen LogP contribution < -0.4 is 10.1 Å². The highest BCUT2D eigenvalue weighted by atomic mass is 79.9. The molecule has 5 nitrogen and oxygen atoms in total. The zero-order valence-electron chi connectivity index (χ0n) is 10.9. The molecule has 2 rings (SSSR count). The molecule has 1 aromatic carbocycles. The van der Waals surface area contributed by atoms with Crippen LogP contribution in [0.1, 0.15) is 19.3 Å². The molecule has 1 aromatic rings. The van der Waals surface area contributed by atoms with Crippen LogP contribution in [0, 0.1) is 21.8 Å². The van der Waals surface area contributed by atoms with Gasteiger partial charge in [0.2, 0.25) is 0 Å². The summed E-state index contributed by atoms with van der Waals surface area (Å²) in [5.41, 5.74) is -0.219. The summed E-state index contributed by atoms with van der Waals surface area (Å²) in [7, 11) is 0. The first-order chi connectivity index (χ1) is 9.58. The Kier molecular flexibility index (Phi) is 5.31. The maximum Gasteiger partial charge on any atom is 0.312 e. The molecule has 110 valence electrons. The minimum Gasteiger partial charge on any atom is -0.487 e. The molecule has 0 spiro atoms. The first-order valence-electron chi connectivity index (χ1n) is 6.55. The molecule has 1 heterocycles. The Morgan fingerprint density at radius 3 is 2.80 bits per heavy atom. The van der Waals surface area contributed by atoms with Gasteiger partial charge in [-0.15, -0.1) is 0 Å². The van der Waals surface area contributed by atoms with Crippen molar-refractivity contribution in [1.29, 1.82) is 0 Å². The number of rotatable bonds is 5. The average Bonchev–Trinajstić information content (AvgIpc) is 2.43. The van der Waals surface area contributed by atoms with Gasteiger partial charge in [-0.1, -0.05) is 0 Å². The van der Waals surface area contributed by atoms with E-state index in [9.17, 15) is 14.5 Å². The third-order valence-electron chi connectivity index (χ3n) is 3.44. The second-order valence-electron chi connectivity index (χ2n) is 4.82.